The zero-order valence-corrected chi connectivity index (χ0v) is 18.7. The third-order valence-corrected chi connectivity index (χ3v) is 5.94. The van der Waals surface area contributed by atoms with E-state index < -0.39 is 5.54 Å². The van der Waals surface area contributed by atoms with Crippen molar-refractivity contribution < 1.29 is 14.3 Å². The highest BCUT2D eigenvalue weighted by atomic mass is 16.5. The van der Waals surface area contributed by atoms with E-state index in [1.165, 1.54) is 0 Å². The zero-order chi connectivity index (χ0) is 22.7. The van der Waals surface area contributed by atoms with Crippen LogP contribution in [-0.4, -0.2) is 45.7 Å². The number of para-hydroxylation sites is 1. The number of amides is 2. The van der Waals surface area contributed by atoms with Crippen molar-refractivity contribution in [3.8, 4) is 17.0 Å². The van der Waals surface area contributed by atoms with Gasteiger partial charge in [-0.1, -0.05) is 55.5 Å². The number of methoxy groups -OCH3 is 1. The summed E-state index contributed by atoms with van der Waals surface area (Å²) in [4.78, 5) is 28.5. The lowest BCUT2D eigenvalue weighted by Crippen LogP contribution is -2.64. The third kappa shape index (κ3) is 3.86. The van der Waals surface area contributed by atoms with E-state index in [1.807, 2.05) is 74.5 Å². The summed E-state index contributed by atoms with van der Waals surface area (Å²) in [5.74, 6) is 0.320. The molecule has 7 nitrogen and oxygen atoms in total. The predicted molar refractivity (Wildman–Crippen MR) is 122 cm³/mol. The van der Waals surface area contributed by atoms with Crippen LogP contribution in [0.5, 0.6) is 5.75 Å². The van der Waals surface area contributed by atoms with Crippen LogP contribution < -0.4 is 10.1 Å². The van der Waals surface area contributed by atoms with Crippen LogP contribution in [0, 0.1) is 0 Å². The molecule has 32 heavy (non-hydrogen) atoms. The number of hydrogen-bond donors (Lipinski definition) is 1. The Morgan fingerprint density at radius 3 is 2.59 bits per heavy atom. The van der Waals surface area contributed by atoms with E-state index in [9.17, 15) is 9.59 Å². The molecule has 166 valence electrons. The lowest BCUT2D eigenvalue weighted by atomic mass is 9.94. The van der Waals surface area contributed by atoms with Crippen LogP contribution in [0.1, 0.15) is 36.3 Å². The normalized spacial score (nSPS) is 17.7. The van der Waals surface area contributed by atoms with E-state index >= 15 is 0 Å². The number of nitrogens with one attached hydrogen (secondary N) is 1. The molecule has 0 spiro atoms. The molecular formula is C25H28N4O3. The van der Waals surface area contributed by atoms with Crippen LogP contribution in [0.15, 0.2) is 60.7 Å². The Hall–Kier alpha value is -3.61. The molecule has 0 aliphatic carbocycles. The molecule has 3 aromatic rings. The Kier molecular flexibility index (Phi) is 5.99. The number of carbonyl (C=O) groups is 2. The number of fused-ring (bicyclic) bond motifs is 1. The summed E-state index contributed by atoms with van der Waals surface area (Å²) in [5, 5.41) is 7.67. The van der Waals surface area contributed by atoms with Gasteiger partial charge in [0.1, 0.15) is 17.0 Å². The van der Waals surface area contributed by atoms with Gasteiger partial charge in [0.15, 0.2) is 0 Å². The van der Waals surface area contributed by atoms with E-state index in [-0.39, 0.29) is 11.8 Å². The van der Waals surface area contributed by atoms with Gasteiger partial charge in [-0.05, 0) is 25.5 Å². The first-order valence-corrected chi connectivity index (χ1v) is 10.8. The van der Waals surface area contributed by atoms with E-state index in [4.69, 9.17) is 4.74 Å². The SMILES string of the molecule is CCCN1C(=O)c2cc(-c3ccccc3)nn2C[C@]1(C)C(=O)NCc1ccccc1OC. The fourth-order valence-electron chi connectivity index (χ4n) is 4.18. The maximum Gasteiger partial charge on any atom is 0.273 e. The first-order chi connectivity index (χ1) is 15.5. The number of nitrogens with zero attached hydrogens (tertiary/aromatic N) is 3. The molecule has 1 aliphatic heterocycles. The van der Waals surface area contributed by atoms with Crippen molar-refractivity contribution in [2.45, 2.75) is 38.9 Å². The highest BCUT2D eigenvalue weighted by molar-refractivity contribution is 6.00. The first kappa shape index (κ1) is 21.6. The summed E-state index contributed by atoms with van der Waals surface area (Å²) in [7, 11) is 1.61. The molecular weight excluding hydrogens is 404 g/mol. The lowest BCUT2D eigenvalue weighted by molar-refractivity contribution is -0.133. The quantitative estimate of drug-likeness (QED) is 0.620. The van der Waals surface area contributed by atoms with Gasteiger partial charge in [0.05, 0.1) is 19.3 Å². The standard InChI is InChI=1S/C25H28N4O3/c1-4-14-28-23(30)21-15-20(18-10-6-5-7-11-18)27-29(21)17-25(28,2)24(31)26-16-19-12-8-9-13-22(19)32-3/h5-13,15H,4,14,16-17H2,1-3H3,(H,26,31)/t25-/m1/s1. The average molecular weight is 433 g/mol. The van der Waals surface area contributed by atoms with Crippen molar-refractivity contribution in [3.05, 3.63) is 71.9 Å². The van der Waals surface area contributed by atoms with Crippen molar-refractivity contribution in [3.63, 3.8) is 0 Å². The topological polar surface area (TPSA) is 76.5 Å². The van der Waals surface area contributed by atoms with Gasteiger partial charge in [-0.25, -0.2) is 0 Å². The maximum absolute atomic E-state index is 13.4. The molecule has 4 rings (SSSR count). The third-order valence-electron chi connectivity index (χ3n) is 5.94. The van der Waals surface area contributed by atoms with Gasteiger partial charge in [0.2, 0.25) is 5.91 Å². The number of rotatable bonds is 7. The monoisotopic (exact) mass is 432 g/mol. The molecule has 1 aromatic heterocycles. The molecule has 0 radical (unpaired) electrons. The molecule has 7 heteroatoms. The Labute approximate surface area is 188 Å². The summed E-state index contributed by atoms with van der Waals surface area (Å²) in [5.41, 5.74) is 1.99. The van der Waals surface area contributed by atoms with Gasteiger partial charge in [-0.3, -0.25) is 14.3 Å². The van der Waals surface area contributed by atoms with Crippen LogP contribution >= 0.6 is 0 Å². The molecule has 1 aliphatic rings. The minimum absolute atomic E-state index is 0.178. The smallest absolute Gasteiger partial charge is 0.273 e. The van der Waals surface area contributed by atoms with Gasteiger partial charge < -0.3 is 15.0 Å². The minimum atomic E-state index is -1.05. The number of hydrogen-bond acceptors (Lipinski definition) is 4. The molecule has 1 atom stereocenters. The number of aromatic nitrogens is 2. The summed E-state index contributed by atoms with van der Waals surface area (Å²) >= 11 is 0. The fourth-order valence-corrected chi connectivity index (χ4v) is 4.18. The van der Waals surface area contributed by atoms with E-state index in [2.05, 4.69) is 10.4 Å². The van der Waals surface area contributed by atoms with Gasteiger partial charge in [-0.15, -0.1) is 0 Å². The van der Waals surface area contributed by atoms with Gasteiger partial charge in [-0.2, -0.15) is 5.10 Å². The van der Waals surface area contributed by atoms with Crippen molar-refractivity contribution in [2.75, 3.05) is 13.7 Å². The molecule has 2 aromatic carbocycles. The molecule has 2 heterocycles. The maximum atomic E-state index is 13.4. The molecule has 0 unspecified atom stereocenters. The molecule has 0 saturated heterocycles. The van der Waals surface area contributed by atoms with Gasteiger partial charge >= 0.3 is 0 Å². The minimum Gasteiger partial charge on any atom is -0.496 e. The second kappa shape index (κ2) is 8.86. The van der Waals surface area contributed by atoms with Crippen LogP contribution in [0.3, 0.4) is 0 Å². The van der Waals surface area contributed by atoms with Crippen LogP contribution in [0.25, 0.3) is 11.3 Å². The lowest BCUT2D eigenvalue weighted by Gasteiger charge is -2.43. The molecule has 0 fully saturated rings. The number of benzene rings is 2. The zero-order valence-electron chi connectivity index (χ0n) is 18.7. The second-order valence-corrected chi connectivity index (χ2v) is 8.16. The molecule has 0 bridgehead atoms. The summed E-state index contributed by atoms with van der Waals surface area (Å²) < 4.78 is 7.05. The largest absolute Gasteiger partial charge is 0.496 e. The summed E-state index contributed by atoms with van der Waals surface area (Å²) in [6.45, 7) is 4.91. The second-order valence-electron chi connectivity index (χ2n) is 8.16. The Morgan fingerprint density at radius 2 is 1.88 bits per heavy atom. The van der Waals surface area contributed by atoms with Gasteiger partial charge in [0, 0.05) is 24.2 Å². The Balaban J connectivity index is 1.63. The van der Waals surface area contributed by atoms with Crippen molar-refractivity contribution in [1.82, 2.24) is 20.0 Å². The highest BCUT2D eigenvalue weighted by Gasteiger charge is 2.47. The van der Waals surface area contributed by atoms with Crippen LogP contribution in [-0.2, 0) is 17.9 Å². The fraction of sp³-hybridized carbons (Fsp3) is 0.320. The number of ether oxygens (including phenoxy) is 1. The van der Waals surface area contributed by atoms with Crippen LogP contribution in [0.2, 0.25) is 0 Å². The molecule has 2 amide bonds. The summed E-state index contributed by atoms with van der Waals surface area (Å²) in [6.07, 6.45) is 0.751. The van der Waals surface area contributed by atoms with E-state index in [1.54, 1.807) is 16.7 Å². The number of carbonyl (C=O) groups excluding carboxylic acids is 2. The van der Waals surface area contributed by atoms with Crippen LogP contribution in [0.4, 0.5) is 0 Å². The molecule has 1 N–H and O–H groups in total. The Bertz CT molecular complexity index is 1130. The predicted octanol–water partition coefficient (Wildman–Crippen LogP) is 3.50. The van der Waals surface area contributed by atoms with Crippen molar-refractivity contribution in [1.29, 1.82) is 0 Å². The van der Waals surface area contributed by atoms with Gasteiger partial charge in [0.25, 0.3) is 5.91 Å². The average Bonchev–Trinajstić information content (AvgIpc) is 3.25. The van der Waals surface area contributed by atoms with Crippen molar-refractivity contribution >= 4 is 11.8 Å². The summed E-state index contributed by atoms with van der Waals surface area (Å²) in [6, 6.07) is 19.1. The van der Waals surface area contributed by atoms with E-state index in [0.717, 1.165) is 23.2 Å². The van der Waals surface area contributed by atoms with E-state index in [0.29, 0.717) is 31.1 Å². The molecule has 0 saturated carbocycles. The Morgan fingerprint density at radius 1 is 1.16 bits per heavy atom. The van der Waals surface area contributed by atoms with Crippen molar-refractivity contribution in [2.24, 2.45) is 0 Å². The highest BCUT2D eigenvalue weighted by Crippen LogP contribution is 2.30. The first-order valence-electron chi connectivity index (χ1n) is 10.8.